The number of hydrogen-bond acceptors (Lipinski definition) is 8. The summed E-state index contributed by atoms with van der Waals surface area (Å²) in [6.07, 6.45) is 3.60. The minimum Gasteiger partial charge on any atom is -0.382 e. The van der Waals surface area contributed by atoms with Crippen molar-refractivity contribution in [3.05, 3.63) is 60.4 Å². The molecule has 1 aromatic heterocycles. The molecule has 0 atom stereocenters. The van der Waals surface area contributed by atoms with Crippen LogP contribution in [0, 0.1) is 0 Å². The van der Waals surface area contributed by atoms with E-state index in [1.807, 2.05) is 0 Å². The van der Waals surface area contributed by atoms with Crippen LogP contribution in [-0.2, 0) is 19.7 Å². The van der Waals surface area contributed by atoms with Crippen LogP contribution in [-0.4, -0.2) is 52.3 Å². The van der Waals surface area contributed by atoms with E-state index < -0.39 is 25.6 Å². The van der Waals surface area contributed by atoms with E-state index >= 15 is 0 Å². The number of rotatable bonds is 5. The highest BCUT2D eigenvalue weighted by Crippen LogP contribution is 2.23. The van der Waals surface area contributed by atoms with Gasteiger partial charge in [0.1, 0.15) is 0 Å². The third kappa shape index (κ3) is 4.89. The number of aromatic nitrogens is 2. The minimum absolute atomic E-state index is 0.0684. The van der Waals surface area contributed by atoms with E-state index in [0.29, 0.717) is 16.9 Å². The van der Waals surface area contributed by atoms with Crippen molar-refractivity contribution < 1.29 is 21.6 Å². The number of amides is 1. The molecule has 0 unspecified atom stereocenters. The summed E-state index contributed by atoms with van der Waals surface area (Å²) >= 11 is 0. The van der Waals surface area contributed by atoms with Crippen LogP contribution in [0.1, 0.15) is 10.5 Å². The lowest BCUT2D eigenvalue weighted by molar-refractivity contribution is 0.0989. The molecule has 0 bridgehead atoms. The number of carbonyl (C=O) groups excluding carboxylic acids is 1. The van der Waals surface area contributed by atoms with Gasteiger partial charge in [-0.25, -0.2) is 26.8 Å². The van der Waals surface area contributed by atoms with Crippen molar-refractivity contribution >= 4 is 37.1 Å². The highest BCUT2D eigenvalue weighted by Gasteiger charge is 2.20. The maximum atomic E-state index is 13.0. The Labute approximate surface area is 180 Å². The zero-order valence-electron chi connectivity index (χ0n) is 17.0. The Hall–Kier alpha value is -3.31. The predicted molar refractivity (Wildman–Crippen MR) is 117 cm³/mol. The SMILES string of the molecule is CN(C(=O)c1nc(-c2ccc(S(C)(=O)=O)cc2)cnc1N)c1ccc(S(C)(=O)=O)cc1. The van der Waals surface area contributed by atoms with Gasteiger partial charge in [0.2, 0.25) is 0 Å². The lowest BCUT2D eigenvalue weighted by Gasteiger charge is -2.18. The molecule has 0 saturated heterocycles. The van der Waals surface area contributed by atoms with Gasteiger partial charge in [0.15, 0.2) is 31.2 Å². The first-order valence-electron chi connectivity index (χ1n) is 8.89. The second kappa shape index (κ2) is 8.08. The summed E-state index contributed by atoms with van der Waals surface area (Å²) in [4.78, 5) is 22.9. The largest absolute Gasteiger partial charge is 0.382 e. The maximum absolute atomic E-state index is 13.0. The summed E-state index contributed by atoms with van der Waals surface area (Å²) < 4.78 is 46.5. The van der Waals surface area contributed by atoms with Gasteiger partial charge in [0.25, 0.3) is 5.91 Å². The summed E-state index contributed by atoms with van der Waals surface area (Å²) in [5.74, 6) is -0.604. The Bertz CT molecular complexity index is 1350. The number of sulfone groups is 2. The van der Waals surface area contributed by atoms with E-state index in [9.17, 15) is 21.6 Å². The third-order valence-corrected chi connectivity index (χ3v) is 6.80. The number of nitrogen functional groups attached to an aromatic ring is 1. The van der Waals surface area contributed by atoms with Crippen LogP contribution < -0.4 is 10.6 Å². The fraction of sp³-hybridized carbons (Fsp3) is 0.150. The fourth-order valence-corrected chi connectivity index (χ4v) is 4.02. The van der Waals surface area contributed by atoms with E-state index in [2.05, 4.69) is 9.97 Å². The molecule has 0 aliphatic carbocycles. The molecule has 1 heterocycles. The molecular formula is C20H20N4O5S2. The standard InChI is InChI=1S/C20H20N4O5S2/c1-24(14-6-10-16(11-7-14)31(3,28)29)20(25)18-19(21)22-12-17(23-18)13-4-8-15(9-5-13)30(2,26)27/h4-12H,1-3H3,(H2,21,22). The van der Waals surface area contributed by atoms with Crippen LogP contribution in [0.3, 0.4) is 0 Å². The van der Waals surface area contributed by atoms with Gasteiger partial charge < -0.3 is 10.6 Å². The first kappa shape index (κ1) is 22.4. The molecule has 2 N–H and O–H groups in total. The normalized spacial score (nSPS) is 11.8. The number of carbonyl (C=O) groups is 1. The number of hydrogen-bond donors (Lipinski definition) is 1. The maximum Gasteiger partial charge on any atom is 0.280 e. The van der Waals surface area contributed by atoms with Crippen LogP contribution in [0.2, 0.25) is 0 Å². The minimum atomic E-state index is -3.36. The number of anilines is 2. The van der Waals surface area contributed by atoms with Crippen molar-refractivity contribution in [2.45, 2.75) is 9.79 Å². The van der Waals surface area contributed by atoms with E-state index in [1.54, 1.807) is 12.1 Å². The molecule has 0 saturated carbocycles. The van der Waals surface area contributed by atoms with Crippen LogP contribution in [0.15, 0.2) is 64.5 Å². The quantitative estimate of drug-likeness (QED) is 0.608. The van der Waals surface area contributed by atoms with E-state index in [-0.39, 0.29) is 21.3 Å². The topological polar surface area (TPSA) is 140 Å². The number of benzene rings is 2. The highest BCUT2D eigenvalue weighted by molar-refractivity contribution is 7.91. The first-order valence-corrected chi connectivity index (χ1v) is 12.7. The highest BCUT2D eigenvalue weighted by atomic mass is 32.2. The zero-order valence-corrected chi connectivity index (χ0v) is 18.6. The van der Waals surface area contributed by atoms with Gasteiger partial charge >= 0.3 is 0 Å². The molecule has 11 heteroatoms. The van der Waals surface area contributed by atoms with E-state index in [1.165, 1.54) is 54.5 Å². The zero-order chi connectivity index (χ0) is 23.0. The van der Waals surface area contributed by atoms with Crippen molar-refractivity contribution in [1.82, 2.24) is 9.97 Å². The van der Waals surface area contributed by atoms with Gasteiger partial charge in [-0.3, -0.25) is 4.79 Å². The Balaban J connectivity index is 1.93. The monoisotopic (exact) mass is 460 g/mol. The van der Waals surface area contributed by atoms with Gasteiger partial charge in [-0.05, 0) is 36.4 Å². The van der Waals surface area contributed by atoms with Crippen molar-refractivity contribution in [1.29, 1.82) is 0 Å². The Morgan fingerprint density at radius 3 is 1.84 bits per heavy atom. The molecule has 162 valence electrons. The smallest absolute Gasteiger partial charge is 0.280 e. The van der Waals surface area contributed by atoms with Crippen LogP contribution in [0.25, 0.3) is 11.3 Å². The number of nitrogens with zero attached hydrogens (tertiary/aromatic N) is 3. The average molecular weight is 461 g/mol. The van der Waals surface area contributed by atoms with Gasteiger partial charge in [-0.2, -0.15) is 0 Å². The molecule has 0 spiro atoms. The summed E-state index contributed by atoms with van der Waals surface area (Å²) in [5, 5.41) is 0. The van der Waals surface area contributed by atoms with Crippen molar-refractivity contribution in [2.75, 3.05) is 30.2 Å². The van der Waals surface area contributed by atoms with Crippen molar-refractivity contribution in [3.8, 4) is 11.3 Å². The molecular weight excluding hydrogens is 440 g/mol. The summed E-state index contributed by atoms with van der Waals surface area (Å²) in [5.41, 5.74) is 7.14. The predicted octanol–water partition coefficient (Wildman–Crippen LogP) is 1.81. The number of nitrogens with two attached hydrogens (primary N) is 1. The molecule has 3 aromatic rings. The van der Waals surface area contributed by atoms with Gasteiger partial charge in [-0.15, -0.1) is 0 Å². The molecule has 2 aromatic carbocycles. The Kier molecular flexibility index (Phi) is 5.83. The molecule has 1 amide bonds. The van der Waals surface area contributed by atoms with Gasteiger partial charge in [0.05, 0.1) is 21.7 Å². The van der Waals surface area contributed by atoms with Crippen LogP contribution >= 0.6 is 0 Å². The molecule has 0 fully saturated rings. The Morgan fingerprint density at radius 1 is 0.871 bits per heavy atom. The third-order valence-electron chi connectivity index (χ3n) is 4.54. The van der Waals surface area contributed by atoms with E-state index in [4.69, 9.17) is 5.73 Å². The molecule has 31 heavy (non-hydrogen) atoms. The van der Waals surface area contributed by atoms with Crippen LogP contribution in [0.4, 0.5) is 11.5 Å². The molecule has 0 aliphatic rings. The van der Waals surface area contributed by atoms with Gasteiger partial charge in [0, 0.05) is 30.8 Å². The second-order valence-electron chi connectivity index (χ2n) is 6.92. The lowest BCUT2D eigenvalue weighted by Crippen LogP contribution is -2.28. The lowest BCUT2D eigenvalue weighted by atomic mass is 10.1. The first-order chi connectivity index (χ1) is 14.4. The Morgan fingerprint density at radius 2 is 1.35 bits per heavy atom. The average Bonchev–Trinajstić information content (AvgIpc) is 2.72. The molecule has 9 nitrogen and oxygen atoms in total. The summed E-state index contributed by atoms with van der Waals surface area (Å²) in [6, 6.07) is 11.8. The van der Waals surface area contributed by atoms with E-state index in [0.717, 1.165) is 12.5 Å². The molecule has 3 rings (SSSR count). The second-order valence-corrected chi connectivity index (χ2v) is 10.9. The summed E-state index contributed by atoms with van der Waals surface area (Å²) in [6.45, 7) is 0. The summed E-state index contributed by atoms with van der Waals surface area (Å²) in [7, 11) is -5.19. The van der Waals surface area contributed by atoms with Crippen LogP contribution in [0.5, 0.6) is 0 Å². The fourth-order valence-electron chi connectivity index (χ4n) is 2.76. The molecule has 0 radical (unpaired) electrons. The van der Waals surface area contributed by atoms with Crippen molar-refractivity contribution in [2.24, 2.45) is 0 Å². The van der Waals surface area contributed by atoms with Gasteiger partial charge in [-0.1, -0.05) is 12.1 Å². The van der Waals surface area contributed by atoms with Crippen molar-refractivity contribution in [3.63, 3.8) is 0 Å². The molecule has 0 aliphatic heterocycles.